The highest BCUT2D eigenvalue weighted by Crippen LogP contribution is 2.13. The van der Waals surface area contributed by atoms with Crippen molar-refractivity contribution in [2.45, 2.75) is 31.8 Å². The highest BCUT2D eigenvalue weighted by atomic mass is 28.3. The van der Waals surface area contributed by atoms with Gasteiger partial charge in [-0.3, -0.25) is 0 Å². The largest absolute Gasteiger partial charge is 0.353 e. The summed E-state index contributed by atoms with van der Waals surface area (Å²) in [6.07, 6.45) is 0.308. The summed E-state index contributed by atoms with van der Waals surface area (Å²) >= 11 is 0. The lowest BCUT2D eigenvalue weighted by Gasteiger charge is -2.10. The Bertz CT molecular complexity index is 423. The molecule has 0 fully saturated rings. The van der Waals surface area contributed by atoms with Crippen molar-refractivity contribution in [3.8, 4) is 11.8 Å². The number of ether oxygens (including phenoxy) is 1. The van der Waals surface area contributed by atoms with Crippen LogP contribution in [0.5, 0.6) is 0 Å². The molecule has 96 valence electrons. The fourth-order valence-corrected chi connectivity index (χ4v) is 2.02. The van der Waals surface area contributed by atoms with Gasteiger partial charge in [0, 0.05) is 6.04 Å². The molecule has 1 atom stereocenters. The molecule has 0 saturated carbocycles. The van der Waals surface area contributed by atoms with Gasteiger partial charge in [-0.05, 0) is 5.56 Å². The molecule has 0 saturated heterocycles. The van der Waals surface area contributed by atoms with E-state index in [1.165, 1.54) is 0 Å². The molecule has 1 unspecified atom stereocenters. The molecule has 0 amide bonds. The molecule has 0 heterocycles. The minimum Gasteiger partial charge on any atom is -0.353 e. The maximum Gasteiger partial charge on any atom is 0.153 e. The Morgan fingerprint density at radius 3 is 2.44 bits per heavy atom. The molecule has 1 aromatic carbocycles. The molecule has 0 bridgehead atoms. The first-order valence-electron chi connectivity index (χ1n) is 6.10. The van der Waals surface area contributed by atoms with Crippen LogP contribution in [0.3, 0.4) is 0 Å². The lowest BCUT2D eigenvalue weighted by Crippen LogP contribution is -2.17. The maximum absolute atomic E-state index is 11.0. The summed E-state index contributed by atoms with van der Waals surface area (Å²) in [6, 6.07) is 10.4. The minimum absolute atomic E-state index is 0.308. The maximum atomic E-state index is 11.0. The summed E-state index contributed by atoms with van der Waals surface area (Å²) in [5.74, 6) is 6.11. The molecule has 0 aliphatic rings. The van der Waals surface area contributed by atoms with Gasteiger partial charge < -0.3 is 9.53 Å². The van der Waals surface area contributed by atoms with Crippen molar-refractivity contribution < 1.29 is 9.53 Å². The number of carbonyl (C=O) groups excluding carboxylic acids is 1. The van der Waals surface area contributed by atoms with Crippen LogP contribution < -0.4 is 0 Å². The molecule has 0 radical (unpaired) electrons. The Labute approximate surface area is 110 Å². The number of aldehydes is 1. The summed E-state index contributed by atoms with van der Waals surface area (Å²) in [4.78, 5) is 11.0. The molecular formula is C15H20O2Si. The zero-order valence-corrected chi connectivity index (χ0v) is 12.3. The Morgan fingerprint density at radius 2 is 1.89 bits per heavy atom. The molecule has 0 aromatic heterocycles. The van der Waals surface area contributed by atoms with Crippen LogP contribution >= 0.6 is 0 Å². The van der Waals surface area contributed by atoms with E-state index in [0.717, 1.165) is 17.9 Å². The monoisotopic (exact) mass is 260 g/mol. The van der Waals surface area contributed by atoms with Gasteiger partial charge in [-0.25, -0.2) is 0 Å². The number of benzene rings is 1. The lowest BCUT2D eigenvalue weighted by atomic mass is 10.1. The number of rotatable bonds is 5. The summed E-state index contributed by atoms with van der Waals surface area (Å²) < 4.78 is 5.47. The van der Waals surface area contributed by atoms with Crippen molar-refractivity contribution in [3.63, 3.8) is 0 Å². The quantitative estimate of drug-likeness (QED) is 0.461. The first-order chi connectivity index (χ1) is 8.53. The molecule has 1 rings (SSSR count). The van der Waals surface area contributed by atoms with E-state index in [9.17, 15) is 4.79 Å². The van der Waals surface area contributed by atoms with E-state index in [4.69, 9.17) is 4.74 Å². The molecule has 18 heavy (non-hydrogen) atoms. The molecule has 0 spiro atoms. The zero-order valence-electron chi connectivity index (χ0n) is 11.3. The molecule has 0 aliphatic carbocycles. The summed E-state index contributed by atoms with van der Waals surface area (Å²) in [6.45, 7) is 7.14. The standard InChI is InChI=1S/C15H20O2Si/c1-18(2,3)12-8-7-11-17-15(13-16)14-9-5-4-6-10-14/h4-6,9-10,13,15H,11-12H2,1-3H3. The van der Waals surface area contributed by atoms with E-state index in [1.54, 1.807) is 0 Å². The van der Waals surface area contributed by atoms with E-state index >= 15 is 0 Å². The van der Waals surface area contributed by atoms with Gasteiger partial charge in [0.05, 0.1) is 8.07 Å². The number of carbonyl (C=O) groups is 1. The fourth-order valence-electron chi connectivity index (χ4n) is 1.37. The first kappa shape index (κ1) is 14.7. The molecule has 2 nitrogen and oxygen atoms in total. The number of hydrogen-bond acceptors (Lipinski definition) is 2. The van der Waals surface area contributed by atoms with E-state index in [1.807, 2.05) is 30.3 Å². The Morgan fingerprint density at radius 1 is 1.22 bits per heavy atom. The average molecular weight is 260 g/mol. The smallest absolute Gasteiger partial charge is 0.153 e. The van der Waals surface area contributed by atoms with Crippen molar-refractivity contribution in [2.75, 3.05) is 6.61 Å². The van der Waals surface area contributed by atoms with E-state index < -0.39 is 14.2 Å². The average Bonchev–Trinajstić information content (AvgIpc) is 2.33. The molecule has 3 heteroatoms. The van der Waals surface area contributed by atoms with Crippen molar-refractivity contribution in [2.24, 2.45) is 0 Å². The van der Waals surface area contributed by atoms with Crippen molar-refractivity contribution in [1.29, 1.82) is 0 Å². The summed E-state index contributed by atoms with van der Waals surface area (Å²) in [7, 11) is -1.11. The first-order valence-corrected chi connectivity index (χ1v) is 9.81. The second kappa shape index (κ2) is 7.15. The third kappa shape index (κ3) is 5.81. The van der Waals surface area contributed by atoms with Crippen LogP contribution in [-0.4, -0.2) is 21.0 Å². The van der Waals surface area contributed by atoms with Gasteiger partial charge in [0.1, 0.15) is 12.7 Å². The molecule has 1 aromatic rings. The SMILES string of the molecule is C[Si](C)(C)CC#CCOC(C=O)c1ccccc1. The van der Waals surface area contributed by atoms with Crippen LogP contribution in [0, 0.1) is 11.8 Å². The fraction of sp³-hybridized carbons (Fsp3) is 0.400. The van der Waals surface area contributed by atoms with Crippen LogP contribution in [0.15, 0.2) is 30.3 Å². The van der Waals surface area contributed by atoms with Crippen molar-refractivity contribution >= 4 is 14.4 Å². The van der Waals surface area contributed by atoms with Crippen LogP contribution in [-0.2, 0) is 9.53 Å². The van der Waals surface area contributed by atoms with Gasteiger partial charge in [0.25, 0.3) is 0 Å². The van der Waals surface area contributed by atoms with Crippen molar-refractivity contribution in [3.05, 3.63) is 35.9 Å². The van der Waals surface area contributed by atoms with Gasteiger partial charge in [-0.15, -0.1) is 5.92 Å². The Kier molecular flexibility index (Phi) is 5.83. The predicted octanol–water partition coefficient (Wildman–Crippen LogP) is 3.28. The van der Waals surface area contributed by atoms with E-state index in [2.05, 4.69) is 31.5 Å². The van der Waals surface area contributed by atoms with Crippen LogP contribution in [0.1, 0.15) is 11.7 Å². The second-order valence-corrected chi connectivity index (χ2v) is 10.8. The van der Waals surface area contributed by atoms with Gasteiger partial charge in [0.15, 0.2) is 6.29 Å². The summed E-state index contributed by atoms with van der Waals surface area (Å²) in [5, 5.41) is 0. The third-order valence-corrected chi connectivity index (χ3v) is 3.57. The van der Waals surface area contributed by atoms with Gasteiger partial charge in [-0.2, -0.15) is 0 Å². The zero-order chi connectivity index (χ0) is 13.4. The van der Waals surface area contributed by atoms with Crippen LogP contribution in [0.2, 0.25) is 25.7 Å². The number of hydrogen-bond donors (Lipinski definition) is 0. The molecular weight excluding hydrogens is 240 g/mol. The predicted molar refractivity (Wildman–Crippen MR) is 77.1 cm³/mol. The van der Waals surface area contributed by atoms with Gasteiger partial charge in [0.2, 0.25) is 0 Å². The van der Waals surface area contributed by atoms with E-state index in [0.29, 0.717) is 6.61 Å². The second-order valence-electron chi connectivity index (χ2n) is 5.37. The highest BCUT2D eigenvalue weighted by molar-refractivity contribution is 6.76. The Hall–Kier alpha value is -1.37. The normalized spacial score (nSPS) is 12.4. The van der Waals surface area contributed by atoms with E-state index in [-0.39, 0.29) is 0 Å². The molecule has 0 N–H and O–H groups in total. The van der Waals surface area contributed by atoms with Crippen LogP contribution in [0.4, 0.5) is 0 Å². The topological polar surface area (TPSA) is 26.3 Å². The third-order valence-electron chi connectivity index (χ3n) is 2.33. The van der Waals surface area contributed by atoms with Gasteiger partial charge >= 0.3 is 0 Å². The molecule has 0 aliphatic heterocycles. The van der Waals surface area contributed by atoms with Crippen LogP contribution in [0.25, 0.3) is 0 Å². The van der Waals surface area contributed by atoms with Gasteiger partial charge in [-0.1, -0.05) is 55.9 Å². The Balaban J connectivity index is 2.44. The lowest BCUT2D eigenvalue weighted by molar-refractivity contribution is -0.117. The minimum atomic E-state index is -1.11. The highest BCUT2D eigenvalue weighted by Gasteiger charge is 2.10. The summed E-state index contributed by atoms with van der Waals surface area (Å²) in [5.41, 5.74) is 0.875. The van der Waals surface area contributed by atoms with Crippen molar-refractivity contribution in [1.82, 2.24) is 0 Å².